The molecule has 12 nitrogen and oxygen atoms in total. The maximum absolute atomic E-state index is 8.33. The number of hydrogen-bond donors (Lipinski definition) is 0. The van der Waals surface area contributed by atoms with Gasteiger partial charge in [-0.15, -0.1) is 0 Å². The second kappa shape index (κ2) is 42.9. The summed E-state index contributed by atoms with van der Waals surface area (Å²) in [4.78, 5) is 33.3. The van der Waals surface area contributed by atoms with Crippen LogP contribution in [0.1, 0.15) is 0 Å². The molecule has 0 aliphatic carbocycles. The maximum Gasteiger partial charge on any atom is 2.00 e. The molecule has 0 saturated carbocycles. The van der Waals surface area contributed by atoms with Crippen molar-refractivity contribution in [2.75, 3.05) is 0 Å². The first-order valence-electron chi connectivity index (χ1n) is 2.45. The third-order valence-electron chi connectivity index (χ3n) is 0. The van der Waals surface area contributed by atoms with Crippen LogP contribution in [0.4, 0.5) is 19.2 Å². The van der Waals surface area contributed by atoms with E-state index in [9.17, 15) is 0 Å². The quantitative estimate of drug-likeness (QED) is 0.322. The van der Waals surface area contributed by atoms with E-state index in [1.807, 2.05) is 0 Å². The second-order valence-electron chi connectivity index (χ2n) is 1.00. The molecular weight excluding hydrogens is 434 g/mol. The monoisotopic (exact) mass is 433 g/mol. The summed E-state index contributed by atoms with van der Waals surface area (Å²) in [5, 5.41) is 66.7. The van der Waals surface area contributed by atoms with Crippen molar-refractivity contribution >= 4 is 47.7 Å². The van der Waals surface area contributed by atoms with Crippen LogP contribution in [0.3, 0.4) is 0 Å². The molecule has 1 radical (unpaired) electrons. The van der Waals surface area contributed by atoms with Gasteiger partial charge in [0.25, 0.3) is 0 Å². The minimum absolute atomic E-state index is 0. The molecule has 0 unspecified atom stereocenters. The summed E-state index contributed by atoms with van der Waals surface area (Å²) >= 11 is 0. The summed E-state index contributed by atoms with van der Waals surface area (Å²) in [5.74, 6) is 0. The summed E-state index contributed by atoms with van der Waals surface area (Å²) < 4.78 is 0. The van der Waals surface area contributed by atoms with Gasteiger partial charge < -0.3 is 60.0 Å². The van der Waals surface area contributed by atoms with E-state index in [-0.39, 0.29) is 73.7 Å². The van der Waals surface area contributed by atoms with Gasteiger partial charge in [-0.2, -0.15) is 0 Å². The van der Waals surface area contributed by atoms with E-state index < -0.39 is 24.6 Å². The van der Waals surface area contributed by atoms with E-state index in [4.69, 9.17) is 60.0 Å². The summed E-state index contributed by atoms with van der Waals surface area (Å²) in [6.45, 7) is 0. The molecule has 0 aromatic rings. The molecule has 0 saturated heterocycles. The van der Waals surface area contributed by atoms with Crippen LogP contribution in [0.15, 0.2) is 0 Å². The largest absolute Gasteiger partial charge is 2.00 e. The zero-order chi connectivity index (χ0) is 14.3. The molecular formula is C4FeMgMnNiO12. The van der Waals surface area contributed by atoms with Crippen LogP contribution in [-0.4, -0.2) is 47.7 Å². The van der Waals surface area contributed by atoms with E-state index >= 15 is 0 Å². The van der Waals surface area contributed by atoms with Crippen molar-refractivity contribution in [1.29, 1.82) is 0 Å². The minimum Gasteiger partial charge on any atom is -0.652 e. The average molecular weight is 434 g/mol. The molecule has 0 heterocycles. The Labute approximate surface area is 157 Å². The SMILES string of the molecule is O=C([O-])[O-].O=C([O-])[O-].O=C([O-])[O-].O=C([O-])[O-].[Fe+2].[Mg+2].[Mn+2].[Ni+2]. The van der Waals surface area contributed by atoms with E-state index in [0.29, 0.717) is 0 Å². The third kappa shape index (κ3) is 12100. The summed E-state index contributed by atoms with van der Waals surface area (Å²) in [6.07, 6.45) is -9.33. The first-order valence-corrected chi connectivity index (χ1v) is 2.45. The Kier molecular flexibility index (Phi) is 108. The molecule has 16 heteroatoms. The number of carbonyl (C=O) groups is 4. The second-order valence-corrected chi connectivity index (χ2v) is 1.00. The van der Waals surface area contributed by atoms with Gasteiger partial charge in [0.1, 0.15) is 0 Å². The first-order chi connectivity index (χ1) is 6.93. The molecule has 0 bridgehead atoms. The predicted molar refractivity (Wildman–Crippen MR) is 27.3 cm³/mol. The van der Waals surface area contributed by atoms with Crippen LogP contribution >= 0.6 is 0 Å². The van der Waals surface area contributed by atoms with Crippen LogP contribution in [-0.2, 0) is 50.6 Å². The van der Waals surface area contributed by atoms with Crippen molar-refractivity contribution in [3.8, 4) is 0 Å². The summed E-state index contributed by atoms with van der Waals surface area (Å²) in [7, 11) is 0. The molecule has 0 amide bonds. The summed E-state index contributed by atoms with van der Waals surface area (Å²) in [6, 6.07) is 0. The zero-order valence-electron chi connectivity index (χ0n) is 8.65. The normalized spacial score (nSPS) is 4.80. The molecule has 0 aromatic heterocycles. The van der Waals surface area contributed by atoms with Crippen molar-refractivity contribution in [2.45, 2.75) is 0 Å². The van der Waals surface area contributed by atoms with Crippen molar-refractivity contribution in [2.24, 2.45) is 0 Å². The number of hydrogen-bond acceptors (Lipinski definition) is 12. The van der Waals surface area contributed by atoms with Crippen molar-refractivity contribution in [3.63, 3.8) is 0 Å². The molecule has 0 fully saturated rings. The van der Waals surface area contributed by atoms with Crippen LogP contribution in [0.25, 0.3) is 0 Å². The fourth-order valence-electron chi connectivity index (χ4n) is 0. The molecule has 0 aromatic carbocycles. The molecule has 0 aliphatic rings. The summed E-state index contributed by atoms with van der Waals surface area (Å²) in [5.41, 5.74) is 0. The fourth-order valence-corrected chi connectivity index (χ4v) is 0. The van der Waals surface area contributed by atoms with Gasteiger partial charge in [-0.3, -0.25) is 0 Å². The van der Waals surface area contributed by atoms with Gasteiger partial charge in [0, 0.05) is 0 Å². The Morgan fingerprint density at radius 1 is 0.500 bits per heavy atom. The molecule has 0 spiro atoms. The molecule has 0 N–H and O–H groups in total. The van der Waals surface area contributed by atoms with E-state index in [1.54, 1.807) is 0 Å². The standard InChI is InChI=1S/4CH2O3.Fe.Mg.Mn.Ni/c4*2-1(3)4;;;;/h4*(H2,2,3,4);;;;/q;;;;4*+2/p-8. The smallest absolute Gasteiger partial charge is 0.652 e. The van der Waals surface area contributed by atoms with E-state index in [2.05, 4.69) is 0 Å². The van der Waals surface area contributed by atoms with Crippen LogP contribution in [0.5, 0.6) is 0 Å². The molecule has 0 rings (SSSR count). The third-order valence-corrected chi connectivity index (χ3v) is 0. The molecule has 0 aliphatic heterocycles. The Morgan fingerprint density at radius 2 is 0.500 bits per heavy atom. The molecule has 20 heavy (non-hydrogen) atoms. The van der Waals surface area contributed by atoms with E-state index in [1.165, 1.54) is 0 Å². The number of carbonyl (C=O) groups excluding carboxylic acids is 4. The van der Waals surface area contributed by atoms with E-state index in [0.717, 1.165) is 0 Å². The average Bonchev–Trinajstić information content (AvgIpc) is 1.76. The van der Waals surface area contributed by atoms with Crippen molar-refractivity contribution in [3.05, 3.63) is 0 Å². The van der Waals surface area contributed by atoms with Crippen LogP contribution in [0.2, 0.25) is 0 Å². The van der Waals surface area contributed by atoms with Gasteiger partial charge in [-0.05, 0) is 24.6 Å². The molecule has 115 valence electrons. The molecule has 0 atom stereocenters. The predicted octanol–water partition coefficient (Wildman–Crippen LogP) is -10.2. The Bertz CT molecular complexity index is 175. The van der Waals surface area contributed by atoms with Gasteiger partial charge in [0.15, 0.2) is 0 Å². The Hall–Kier alpha value is -0.621. The van der Waals surface area contributed by atoms with Gasteiger partial charge in [-0.1, -0.05) is 0 Å². The minimum atomic E-state index is -2.33. The van der Waals surface area contributed by atoms with Gasteiger partial charge >= 0.3 is 73.7 Å². The van der Waals surface area contributed by atoms with Gasteiger partial charge in [-0.25, -0.2) is 0 Å². The van der Waals surface area contributed by atoms with Gasteiger partial charge in [0.05, 0.1) is 0 Å². The zero-order valence-corrected chi connectivity index (χ0v) is 13.3. The Balaban J connectivity index is -0.0000000150. The topological polar surface area (TPSA) is 253 Å². The number of rotatable bonds is 0. The van der Waals surface area contributed by atoms with Crippen LogP contribution < -0.4 is 40.9 Å². The maximum atomic E-state index is 8.33. The van der Waals surface area contributed by atoms with Gasteiger partial charge in [0.2, 0.25) is 0 Å². The first kappa shape index (κ1) is 50.6. The number of carboxylic acid groups (broad SMARTS) is 8. The van der Waals surface area contributed by atoms with Crippen molar-refractivity contribution in [1.82, 2.24) is 0 Å². The fraction of sp³-hybridized carbons (Fsp3) is 0. The van der Waals surface area contributed by atoms with Crippen LogP contribution in [0, 0.1) is 0 Å². The Morgan fingerprint density at radius 3 is 0.500 bits per heavy atom. The van der Waals surface area contributed by atoms with Crippen molar-refractivity contribution < 1.29 is 111 Å².